The summed E-state index contributed by atoms with van der Waals surface area (Å²) in [6.45, 7) is 5.73. The molecule has 20 heavy (non-hydrogen) atoms. The standard InChI is InChI=1S/C14H19IO4S/c1-4-10-13(16-3)9(2)11-7-18-19-8-12(11)14(10)17-5-6-20-15/h4-8H2,1-3H3. The van der Waals surface area contributed by atoms with E-state index in [1.165, 1.54) is 0 Å². The summed E-state index contributed by atoms with van der Waals surface area (Å²) < 4.78 is 11.6. The molecule has 1 heterocycles. The summed E-state index contributed by atoms with van der Waals surface area (Å²) in [7, 11) is 3.45. The summed E-state index contributed by atoms with van der Waals surface area (Å²) in [5.41, 5.74) is 4.47. The molecule has 0 unspecified atom stereocenters. The first-order valence-corrected chi connectivity index (χ1v) is 10.1. The third-order valence-electron chi connectivity index (χ3n) is 3.43. The molecule has 1 aliphatic rings. The largest absolute Gasteiger partial charge is 0.496 e. The van der Waals surface area contributed by atoms with Crippen molar-refractivity contribution in [3.05, 3.63) is 22.3 Å². The van der Waals surface area contributed by atoms with Gasteiger partial charge < -0.3 is 9.47 Å². The number of methoxy groups -OCH3 is 1. The van der Waals surface area contributed by atoms with E-state index in [1.54, 1.807) is 16.0 Å². The van der Waals surface area contributed by atoms with Crippen LogP contribution in [-0.4, -0.2) is 19.5 Å². The van der Waals surface area contributed by atoms with Gasteiger partial charge >= 0.3 is 0 Å². The van der Waals surface area contributed by atoms with Gasteiger partial charge in [0.25, 0.3) is 0 Å². The second kappa shape index (κ2) is 7.72. The molecule has 6 heteroatoms. The maximum atomic E-state index is 6.02. The van der Waals surface area contributed by atoms with Crippen molar-refractivity contribution in [3.8, 4) is 11.5 Å². The van der Waals surface area contributed by atoms with Gasteiger partial charge in [-0.15, -0.1) is 0 Å². The number of halogens is 1. The van der Waals surface area contributed by atoms with Gasteiger partial charge in [-0.05, 0) is 45.7 Å². The molecule has 0 fully saturated rings. The van der Waals surface area contributed by atoms with Gasteiger partial charge in [0.05, 0.1) is 13.7 Å². The molecule has 1 aromatic carbocycles. The summed E-state index contributed by atoms with van der Waals surface area (Å²) in [6, 6.07) is 0. The highest BCUT2D eigenvalue weighted by molar-refractivity contribution is 14.2. The van der Waals surface area contributed by atoms with E-state index in [0.29, 0.717) is 19.8 Å². The Labute approximate surface area is 136 Å². The molecule has 0 saturated heterocycles. The normalized spacial score (nSPS) is 14.0. The van der Waals surface area contributed by atoms with Gasteiger partial charge in [0.1, 0.15) is 24.7 Å². The van der Waals surface area contributed by atoms with E-state index in [-0.39, 0.29) is 0 Å². The predicted molar refractivity (Wildman–Crippen MR) is 88.7 cm³/mol. The minimum atomic E-state index is 0.430. The first-order valence-electron chi connectivity index (χ1n) is 6.56. The fourth-order valence-electron chi connectivity index (χ4n) is 2.51. The maximum Gasteiger partial charge on any atom is 0.132 e. The zero-order valence-corrected chi connectivity index (χ0v) is 14.9. The van der Waals surface area contributed by atoms with Crippen LogP contribution in [0.5, 0.6) is 11.5 Å². The molecule has 0 atom stereocenters. The highest BCUT2D eigenvalue weighted by atomic mass is 127. The van der Waals surface area contributed by atoms with Crippen molar-refractivity contribution in [2.24, 2.45) is 0 Å². The molecule has 1 aliphatic heterocycles. The highest BCUT2D eigenvalue weighted by Crippen LogP contribution is 2.41. The van der Waals surface area contributed by atoms with E-state index in [2.05, 4.69) is 35.1 Å². The average Bonchev–Trinajstić information content (AvgIpc) is 2.49. The van der Waals surface area contributed by atoms with Gasteiger partial charge in [-0.1, -0.05) is 15.9 Å². The van der Waals surface area contributed by atoms with Crippen LogP contribution in [0, 0.1) is 6.92 Å². The van der Waals surface area contributed by atoms with Crippen molar-refractivity contribution in [1.29, 1.82) is 0 Å². The zero-order valence-electron chi connectivity index (χ0n) is 12.0. The first-order chi connectivity index (χ1) is 9.74. The van der Waals surface area contributed by atoms with E-state index < -0.39 is 0 Å². The molecule has 0 aromatic heterocycles. The van der Waals surface area contributed by atoms with Crippen molar-refractivity contribution in [2.75, 3.05) is 19.5 Å². The number of hydrogen-bond acceptors (Lipinski definition) is 5. The van der Waals surface area contributed by atoms with Crippen molar-refractivity contribution in [2.45, 2.75) is 33.5 Å². The molecule has 1 aromatic rings. The third kappa shape index (κ3) is 3.18. The number of ether oxygens (including phenoxy) is 2. The average molecular weight is 410 g/mol. The summed E-state index contributed by atoms with van der Waals surface area (Å²) >= 11 is 2.28. The number of hydrogen-bond donors (Lipinski definition) is 0. The topological polar surface area (TPSA) is 36.9 Å². The smallest absolute Gasteiger partial charge is 0.132 e. The van der Waals surface area contributed by atoms with E-state index in [1.807, 2.05) is 0 Å². The molecule has 0 spiro atoms. The van der Waals surface area contributed by atoms with Crippen LogP contribution >= 0.6 is 30.1 Å². The van der Waals surface area contributed by atoms with Crippen molar-refractivity contribution in [1.82, 2.24) is 0 Å². The fourth-order valence-corrected chi connectivity index (χ4v) is 3.19. The Bertz CT molecular complexity index is 462. The number of fused-ring (bicyclic) bond motifs is 1. The lowest BCUT2D eigenvalue weighted by atomic mass is 9.94. The van der Waals surface area contributed by atoms with Crippen LogP contribution in [0.25, 0.3) is 0 Å². The lowest BCUT2D eigenvalue weighted by molar-refractivity contribution is -0.322. The Balaban J connectivity index is 2.49. The highest BCUT2D eigenvalue weighted by Gasteiger charge is 2.25. The summed E-state index contributed by atoms with van der Waals surface area (Å²) in [5, 5.41) is 0. The lowest BCUT2D eigenvalue weighted by Gasteiger charge is -2.26. The van der Waals surface area contributed by atoms with Crippen molar-refractivity contribution >= 4 is 30.1 Å². The van der Waals surface area contributed by atoms with Crippen molar-refractivity contribution < 1.29 is 19.2 Å². The quantitative estimate of drug-likeness (QED) is 0.403. The monoisotopic (exact) mass is 410 g/mol. The fraction of sp³-hybridized carbons (Fsp3) is 0.571. The van der Waals surface area contributed by atoms with Gasteiger partial charge in [-0.2, -0.15) is 0 Å². The molecule has 0 radical (unpaired) electrons. The van der Waals surface area contributed by atoms with E-state index >= 15 is 0 Å². The first kappa shape index (κ1) is 16.2. The van der Waals surface area contributed by atoms with Crippen LogP contribution in [0.2, 0.25) is 0 Å². The summed E-state index contributed by atoms with van der Waals surface area (Å²) in [5.74, 6) is 2.78. The third-order valence-corrected chi connectivity index (χ3v) is 5.08. The molecule has 112 valence electrons. The van der Waals surface area contributed by atoms with Gasteiger partial charge in [-0.3, -0.25) is 0 Å². The molecule has 0 N–H and O–H groups in total. The van der Waals surface area contributed by atoms with Crippen LogP contribution in [0.3, 0.4) is 0 Å². The van der Waals surface area contributed by atoms with Gasteiger partial charge in [0.15, 0.2) is 0 Å². The second-order valence-electron chi connectivity index (χ2n) is 4.46. The van der Waals surface area contributed by atoms with Crippen LogP contribution in [-0.2, 0) is 29.4 Å². The summed E-state index contributed by atoms with van der Waals surface area (Å²) in [6.07, 6.45) is 0.866. The Morgan fingerprint density at radius 1 is 1.20 bits per heavy atom. The van der Waals surface area contributed by atoms with Crippen LogP contribution in [0.15, 0.2) is 0 Å². The number of rotatable bonds is 6. The zero-order chi connectivity index (χ0) is 14.5. The van der Waals surface area contributed by atoms with E-state index in [9.17, 15) is 0 Å². The van der Waals surface area contributed by atoms with Gasteiger partial charge in [0, 0.05) is 16.9 Å². The predicted octanol–water partition coefficient (Wildman–Crippen LogP) is 3.99. The number of benzene rings is 1. The lowest BCUT2D eigenvalue weighted by Crippen LogP contribution is -2.15. The molecular weight excluding hydrogens is 391 g/mol. The van der Waals surface area contributed by atoms with E-state index in [0.717, 1.165) is 45.9 Å². The van der Waals surface area contributed by atoms with Gasteiger partial charge in [-0.25, -0.2) is 9.78 Å². The Morgan fingerprint density at radius 3 is 2.50 bits per heavy atom. The minimum absolute atomic E-state index is 0.430. The molecule has 4 nitrogen and oxygen atoms in total. The van der Waals surface area contributed by atoms with Crippen LogP contribution < -0.4 is 9.47 Å². The van der Waals surface area contributed by atoms with E-state index in [4.69, 9.17) is 19.2 Å². The maximum absolute atomic E-state index is 6.02. The molecule has 0 aliphatic carbocycles. The molecule has 0 saturated carbocycles. The SMILES string of the molecule is CCc1c(OC)c(C)c2c(c1OCCSI)COOC2. The van der Waals surface area contributed by atoms with Crippen LogP contribution in [0.4, 0.5) is 0 Å². The molecule has 0 amide bonds. The molecular formula is C14H19IO4S. The molecule has 0 bridgehead atoms. The Kier molecular flexibility index (Phi) is 6.25. The minimum Gasteiger partial charge on any atom is -0.496 e. The Morgan fingerprint density at radius 2 is 1.90 bits per heavy atom. The van der Waals surface area contributed by atoms with Crippen LogP contribution in [0.1, 0.15) is 29.2 Å². The van der Waals surface area contributed by atoms with Crippen molar-refractivity contribution in [3.63, 3.8) is 0 Å². The second-order valence-corrected chi connectivity index (χ2v) is 6.96. The molecule has 2 rings (SSSR count). The summed E-state index contributed by atoms with van der Waals surface area (Å²) in [4.78, 5) is 10.3. The van der Waals surface area contributed by atoms with Gasteiger partial charge in [0.2, 0.25) is 0 Å². The Hall–Kier alpha value is -0.180.